The highest BCUT2D eigenvalue weighted by Crippen LogP contribution is 2.20. The molecule has 1 rings (SSSR count). The van der Waals surface area contributed by atoms with Crippen LogP contribution in [0.15, 0.2) is 18.2 Å². The lowest BCUT2D eigenvalue weighted by Gasteiger charge is -2.06. The van der Waals surface area contributed by atoms with E-state index in [0.29, 0.717) is 12.4 Å². The van der Waals surface area contributed by atoms with E-state index in [1.165, 1.54) is 6.07 Å². The van der Waals surface area contributed by atoms with Crippen molar-refractivity contribution in [3.63, 3.8) is 0 Å². The lowest BCUT2D eigenvalue weighted by molar-refractivity contribution is 0.319. The molecule has 0 saturated carbocycles. The standard InChI is InChI=1S/C9H11FO/c1-3-11-9-7(2)5-4-6-8(9)10/h4-6H,3H2,1-2H3. The maximum absolute atomic E-state index is 12.9. The Morgan fingerprint density at radius 2 is 2.18 bits per heavy atom. The Morgan fingerprint density at radius 1 is 1.45 bits per heavy atom. The molecule has 0 fully saturated rings. The molecule has 11 heavy (non-hydrogen) atoms. The second kappa shape index (κ2) is 3.37. The molecule has 0 N–H and O–H groups in total. The van der Waals surface area contributed by atoms with Gasteiger partial charge in [0.2, 0.25) is 0 Å². The number of ether oxygens (including phenoxy) is 1. The molecular formula is C9H11FO. The predicted octanol–water partition coefficient (Wildman–Crippen LogP) is 2.53. The molecule has 1 aromatic rings. The molecule has 0 heterocycles. The molecule has 0 aliphatic carbocycles. The third-order valence-electron chi connectivity index (χ3n) is 1.45. The van der Waals surface area contributed by atoms with Crippen molar-refractivity contribution in [3.05, 3.63) is 29.6 Å². The number of halogens is 1. The molecule has 0 bridgehead atoms. The van der Waals surface area contributed by atoms with Crippen LogP contribution in [0.2, 0.25) is 0 Å². The van der Waals surface area contributed by atoms with Gasteiger partial charge >= 0.3 is 0 Å². The van der Waals surface area contributed by atoms with Crippen LogP contribution in [0.3, 0.4) is 0 Å². The van der Waals surface area contributed by atoms with Gasteiger partial charge in [0.25, 0.3) is 0 Å². The molecule has 0 radical (unpaired) electrons. The first-order valence-corrected chi connectivity index (χ1v) is 3.63. The number of hydrogen-bond acceptors (Lipinski definition) is 1. The molecule has 0 unspecified atom stereocenters. The van der Waals surface area contributed by atoms with Crippen LogP contribution in [0.25, 0.3) is 0 Å². The maximum Gasteiger partial charge on any atom is 0.165 e. The zero-order valence-electron chi connectivity index (χ0n) is 6.73. The Labute approximate surface area is 65.8 Å². The molecule has 0 amide bonds. The van der Waals surface area contributed by atoms with Gasteiger partial charge in [-0.2, -0.15) is 0 Å². The Bertz CT molecular complexity index is 225. The summed E-state index contributed by atoms with van der Waals surface area (Å²) < 4.78 is 18.0. The van der Waals surface area contributed by atoms with E-state index in [-0.39, 0.29) is 5.82 Å². The largest absolute Gasteiger partial charge is 0.491 e. The molecule has 0 aliphatic heterocycles. The molecule has 0 spiro atoms. The fraction of sp³-hybridized carbons (Fsp3) is 0.333. The smallest absolute Gasteiger partial charge is 0.165 e. The fourth-order valence-electron chi connectivity index (χ4n) is 0.944. The van der Waals surface area contributed by atoms with Crippen LogP contribution in [0.1, 0.15) is 12.5 Å². The van der Waals surface area contributed by atoms with Crippen molar-refractivity contribution in [2.24, 2.45) is 0 Å². The van der Waals surface area contributed by atoms with E-state index in [4.69, 9.17) is 4.74 Å². The number of rotatable bonds is 2. The fourth-order valence-corrected chi connectivity index (χ4v) is 0.944. The summed E-state index contributed by atoms with van der Waals surface area (Å²) in [5.41, 5.74) is 0.840. The summed E-state index contributed by atoms with van der Waals surface area (Å²) in [7, 11) is 0. The monoisotopic (exact) mass is 154 g/mol. The van der Waals surface area contributed by atoms with Gasteiger partial charge in [0, 0.05) is 0 Å². The first kappa shape index (κ1) is 8.05. The number of benzene rings is 1. The lowest BCUT2D eigenvalue weighted by Crippen LogP contribution is -1.96. The zero-order chi connectivity index (χ0) is 8.27. The summed E-state index contributed by atoms with van der Waals surface area (Å²) in [6, 6.07) is 4.90. The highest BCUT2D eigenvalue weighted by molar-refractivity contribution is 5.33. The van der Waals surface area contributed by atoms with E-state index in [2.05, 4.69) is 0 Å². The minimum absolute atomic E-state index is 0.285. The van der Waals surface area contributed by atoms with Crippen LogP contribution >= 0.6 is 0 Å². The van der Waals surface area contributed by atoms with Gasteiger partial charge < -0.3 is 4.74 Å². The zero-order valence-corrected chi connectivity index (χ0v) is 6.73. The number of para-hydroxylation sites is 1. The molecule has 60 valence electrons. The van der Waals surface area contributed by atoms with Gasteiger partial charge in [0.15, 0.2) is 11.6 Å². The summed E-state index contributed by atoms with van der Waals surface area (Å²) in [6.45, 7) is 4.17. The average Bonchev–Trinajstić information content (AvgIpc) is 1.97. The van der Waals surface area contributed by atoms with E-state index in [1.54, 1.807) is 6.07 Å². The minimum Gasteiger partial charge on any atom is -0.491 e. The van der Waals surface area contributed by atoms with Gasteiger partial charge in [-0.25, -0.2) is 4.39 Å². The normalized spacial score (nSPS) is 9.73. The van der Waals surface area contributed by atoms with Crippen molar-refractivity contribution in [3.8, 4) is 5.75 Å². The summed E-state index contributed by atoms with van der Waals surface area (Å²) in [6.07, 6.45) is 0. The van der Waals surface area contributed by atoms with Crippen molar-refractivity contribution >= 4 is 0 Å². The lowest BCUT2D eigenvalue weighted by atomic mass is 10.2. The maximum atomic E-state index is 12.9. The summed E-state index contributed by atoms with van der Waals surface area (Å²) in [5, 5.41) is 0. The van der Waals surface area contributed by atoms with Crippen LogP contribution in [-0.2, 0) is 0 Å². The molecule has 0 atom stereocenters. The Morgan fingerprint density at radius 3 is 2.73 bits per heavy atom. The second-order valence-corrected chi connectivity index (χ2v) is 2.32. The van der Waals surface area contributed by atoms with Crippen LogP contribution in [0.4, 0.5) is 4.39 Å². The van der Waals surface area contributed by atoms with E-state index in [1.807, 2.05) is 19.9 Å². The quantitative estimate of drug-likeness (QED) is 0.636. The molecule has 2 heteroatoms. The third kappa shape index (κ3) is 1.70. The average molecular weight is 154 g/mol. The van der Waals surface area contributed by atoms with Crippen LogP contribution in [-0.4, -0.2) is 6.61 Å². The minimum atomic E-state index is -0.285. The Balaban J connectivity index is 3.00. The van der Waals surface area contributed by atoms with Gasteiger partial charge in [-0.1, -0.05) is 12.1 Å². The van der Waals surface area contributed by atoms with E-state index < -0.39 is 0 Å². The van der Waals surface area contributed by atoms with E-state index in [0.717, 1.165) is 5.56 Å². The highest BCUT2D eigenvalue weighted by Gasteiger charge is 2.03. The third-order valence-corrected chi connectivity index (χ3v) is 1.45. The van der Waals surface area contributed by atoms with Gasteiger partial charge in [-0.3, -0.25) is 0 Å². The van der Waals surface area contributed by atoms with Crippen LogP contribution < -0.4 is 4.74 Å². The summed E-state index contributed by atoms with van der Waals surface area (Å²) in [4.78, 5) is 0. The second-order valence-electron chi connectivity index (χ2n) is 2.32. The van der Waals surface area contributed by atoms with E-state index >= 15 is 0 Å². The van der Waals surface area contributed by atoms with Crippen molar-refractivity contribution < 1.29 is 9.13 Å². The molecule has 0 saturated heterocycles. The SMILES string of the molecule is CCOc1c(C)cccc1F. The molecular weight excluding hydrogens is 143 g/mol. The number of hydrogen-bond donors (Lipinski definition) is 0. The first-order chi connectivity index (χ1) is 5.25. The highest BCUT2D eigenvalue weighted by atomic mass is 19.1. The Hall–Kier alpha value is -1.05. The topological polar surface area (TPSA) is 9.23 Å². The predicted molar refractivity (Wildman–Crippen MR) is 42.3 cm³/mol. The Kier molecular flexibility index (Phi) is 2.47. The first-order valence-electron chi connectivity index (χ1n) is 3.63. The summed E-state index contributed by atoms with van der Waals surface area (Å²) in [5.74, 6) is 0.0850. The van der Waals surface area contributed by atoms with Crippen LogP contribution in [0.5, 0.6) is 5.75 Å². The van der Waals surface area contributed by atoms with Crippen LogP contribution in [0, 0.1) is 12.7 Å². The van der Waals surface area contributed by atoms with Gasteiger partial charge in [0.1, 0.15) is 0 Å². The van der Waals surface area contributed by atoms with Crippen molar-refractivity contribution in [2.75, 3.05) is 6.61 Å². The number of aryl methyl sites for hydroxylation is 1. The van der Waals surface area contributed by atoms with Crippen molar-refractivity contribution in [1.82, 2.24) is 0 Å². The van der Waals surface area contributed by atoms with Gasteiger partial charge in [-0.05, 0) is 25.5 Å². The molecule has 0 aromatic heterocycles. The van der Waals surface area contributed by atoms with Gasteiger partial charge in [-0.15, -0.1) is 0 Å². The summed E-state index contributed by atoms with van der Waals surface area (Å²) >= 11 is 0. The van der Waals surface area contributed by atoms with E-state index in [9.17, 15) is 4.39 Å². The molecule has 1 aromatic carbocycles. The van der Waals surface area contributed by atoms with Crippen molar-refractivity contribution in [1.29, 1.82) is 0 Å². The van der Waals surface area contributed by atoms with Crippen molar-refractivity contribution in [2.45, 2.75) is 13.8 Å². The van der Waals surface area contributed by atoms with Gasteiger partial charge in [0.05, 0.1) is 6.61 Å². The molecule has 1 nitrogen and oxygen atoms in total. The molecule has 0 aliphatic rings.